The van der Waals surface area contributed by atoms with E-state index in [1.807, 2.05) is 46.8 Å². The maximum atomic E-state index is 11.9. The lowest BCUT2D eigenvalue weighted by Gasteiger charge is -2.16. The largest absolute Gasteiger partial charge is 0.462 e. The normalized spacial score (nSPS) is 13.3. The van der Waals surface area contributed by atoms with E-state index in [1.54, 1.807) is 0 Å². The van der Waals surface area contributed by atoms with Crippen LogP contribution in [0.3, 0.4) is 0 Å². The second-order valence-electron chi connectivity index (χ2n) is 8.11. The van der Waals surface area contributed by atoms with Gasteiger partial charge in [-0.2, -0.15) is 0 Å². The van der Waals surface area contributed by atoms with Gasteiger partial charge in [-0.25, -0.2) is 4.79 Å². The molecule has 1 atom stereocenters. The van der Waals surface area contributed by atoms with Crippen molar-refractivity contribution in [1.82, 2.24) is 5.32 Å². The zero-order chi connectivity index (χ0) is 21.4. The van der Waals surface area contributed by atoms with Gasteiger partial charge in [0.25, 0.3) is 6.47 Å². The molecule has 2 aromatic rings. The number of benzene rings is 2. The first kappa shape index (κ1) is 22.5. The van der Waals surface area contributed by atoms with Gasteiger partial charge in [0.15, 0.2) is 0 Å². The molecule has 0 saturated carbocycles. The van der Waals surface area contributed by atoms with Crippen molar-refractivity contribution in [1.29, 1.82) is 0 Å². The standard InChI is InChI=1S/C19H21NO2.C5H10O2/c1-3-13(2)20-19(21)22-12-18-16-10-6-4-8-14(16)15-9-5-7-11-17(15)18;1-5(2,3)7-4-6/h4-11,13,18H,3,12H2,1-2H3,(H,20,21);4H,1-3H3. The number of fused-ring (bicyclic) bond motifs is 3. The summed E-state index contributed by atoms with van der Waals surface area (Å²) in [6.45, 7) is 10.3. The molecule has 0 bridgehead atoms. The Balaban J connectivity index is 0.000000370. The molecule has 0 spiro atoms. The molecule has 1 amide bonds. The Kier molecular flexibility index (Phi) is 7.82. The minimum Gasteiger partial charge on any atom is -0.462 e. The van der Waals surface area contributed by atoms with E-state index in [1.165, 1.54) is 22.3 Å². The summed E-state index contributed by atoms with van der Waals surface area (Å²) >= 11 is 0. The number of ether oxygens (including phenoxy) is 2. The van der Waals surface area contributed by atoms with Crippen LogP contribution >= 0.6 is 0 Å². The van der Waals surface area contributed by atoms with Gasteiger partial charge in [0.1, 0.15) is 12.2 Å². The first-order valence-corrected chi connectivity index (χ1v) is 9.99. The van der Waals surface area contributed by atoms with Crippen LogP contribution in [0.5, 0.6) is 0 Å². The Morgan fingerprint density at radius 3 is 2.00 bits per heavy atom. The molecule has 0 aromatic heterocycles. The fourth-order valence-electron chi connectivity index (χ4n) is 3.09. The van der Waals surface area contributed by atoms with Crippen molar-refractivity contribution in [3.8, 4) is 11.1 Å². The Bertz CT molecular complexity index is 780. The van der Waals surface area contributed by atoms with Crippen LogP contribution in [-0.4, -0.2) is 30.8 Å². The maximum absolute atomic E-state index is 11.9. The van der Waals surface area contributed by atoms with Gasteiger partial charge >= 0.3 is 6.09 Å². The van der Waals surface area contributed by atoms with Gasteiger partial charge in [0.2, 0.25) is 0 Å². The van der Waals surface area contributed by atoms with Crippen LogP contribution in [0.4, 0.5) is 4.79 Å². The molecule has 0 fully saturated rings. The lowest BCUT2D eigenvalue weighted by Crippen LogP contribution is -2.33. The molecule has 5 nitrogen and oxygen atoms in total. The number of nitrogens with one attached hydrogen (secondary N) is 1. The van der Waals surface area contributed by atoms with Gasteiger partial charge in [-0.3, -0.25) is 4.79 Å². The van der Waals surface area contributed by atoms with Crippen molar-refractivity contribution < 1.29 is 19.1 Å². The van der Waals surface area contributed by atoms with E-state index >= 15 is 0 Å². The summed E-state index contributed by atoms with van der Waals surface area (Å²) in [6.07, 6.45) is 0.556. The SMILES string of the molecule is CC(C)(C)OC=O.CCC(C)NC(=O)OCC1c2ccccc2-c2ccccc21. The lowest BCUT2D eigenvalue weighted by atomic mass is 9.98. The Morgan fingerprint density at radius 2 is 1.59 bits per heavy atom. The molecule has 1 aliphatic carbocycles. The molecule has 29 heavy (non-hydrogen) atoms. The van der Waals surface area contributed by atoms with Crippen molar-refractivity contribution in [2.75, 3.05) is 6.61 Å². The molecule has 1 unspecified atom stereocenters. The van der Waals surface area contributed by atoms with E-state index in [4.69, 9.17) is 4.74 Å². The molecule has 156 valence electrons. The fraction of sp³-hybridized carbons (Fsp3) is 0.417. The van der Waals surface area contributed by atoms with Crippen molar-refractivity contribution in [2.24, 2.45) is 0 Å². The van der Waals surface area contributed by atoms with Crippen LogP contribution in [0.25, 0.3) is 11.1 Å². The number of rotatable bonds is 5. The molecule has 3 rings (SSSR count). The molecule has 0 saturated heterocycles. The molecule has 5 heteroatoms. The smallest absolute Gasteiger partial charge is 0.407 e. The second-order valence-corrected chi connectivity index (χ2v) is 8.11. The van der Waals surface area contributed by atoms with Gasteiger partial charge in [-0.05, 0) is 56.4 Å². The number of carbonyl (C=O) groups excluding carboxylic acids is 2. The number of alkyl carbamates (subject to hydrolysis) is 1. The highest BCUT2D eigenvalue weighted by Gasteiger charge is 2.29. The average Bonchev–Trinajstić information content (AvgIpc) is 3.00. The predicted molar refractivity (Wildman–Crippen MR) is 115 cm³/mol. The Hall–Kier alpha value is -2.82. The first-order chi connectivity index (χ1) is 13.8. The molecule has 2 aromatic carbocycles. The van der Waals surface area contributed by atoms with E-state index in [0.717, 1.165) is 6.42 Å². The van der Waals surface area contributed by atoms with Crippen molar-refractivity contribution in [3.63, 3.8) is 0 Å². The average molecular weight is 398 g/mol. The third-order valence-corrected chi connectivity index (χ3v) is 4.72. The van der Waals surface area contributed by atoms with E-state index in [0.29, 0.717) is 13.1 Å². The molecular weight excluding hydrogens is 366 g/mol. The number of carbonyl (C=O) groups is 2. The monoisotopic (exact) mass is 397 g/mol. The first-order valence-electron chi connectivity index (χ1n) is 9.99. The van der Waals surface area contributed by atoms with E-state index < -0.39 is 0 Å². The molecule has 1 aliphatic rings. The quantitative estimate of drug-likeness (QED) is 0.697. The molecule has 0 aliphatic heterocycles. The topological polar surface area (TPSA) is 64.6 Å². The van der Waals surface area contributed by atoms with Crippen LogP contribution in [0, 0.1) is 0 Å². The summed E-state index contributed by atoms with van der Waals surface area (Å²) in [6, 6.07) is 16.8. The minimum absolute atomic E-state index is 0.120. The Labute approximate surface area is 173 Å². The van der Waals surface area contributed by atoms with Gasteiger partial charge in [0, 0.05) is 12.0 Å². The summed E-state index contributed by atoms with van der Waals surface area (Å²) in [5, 5.41) is 2.84. The van der Waals surface area contributed by atoms with Gasteiger partial charge in [-0.1, -0.05) is 55.5 Å². The van der Waals surface area contributed by atoms with Crippen LogP contribution < -0.4 is 5.32 Å². The van der Waals surface area contributed by atoms with Crippen molar-refractivity contribution >= 4 is 12.6 Å². The van der Waals surface area contributed by atoms with Crippen molar-refractivity contribution in [3.05, 3.63) is 59.7 Å². The van der Waals surface area contributed by atoms with Gasteiger partial charge in [0.05, 0.1) is 0 Å². The van der Waals surface area contributed by atoms with Gasteiger partial charge < -0.3 is 14.8 Å². The highest BCUT2D eigenvalue weighted by Crippen LogP contribution is 2.44. The minimum atomic E-state index is -0.337. The lowest BCUT2D eigenvalue weighted by molar-refractivity contribution is -0.138. The summed E-state index contributed by atoms with van der Waals surface area (Å²) in [5.41, 5.74) is 4.64. The number of amides is 1. The summed E-state index contributed by atoms with van der Waals surface area (Å²) in [7, 11) is 0. The van der Waals surface area contributed by atoms with E-state index in [9.17, 15) is 9.59 Å². The Morgan fingerprint density at radius 1 is 1.07 bits per heavy atom. The zero-order valence-corrected chi connectivity index (χ0v) is 17.9. The van der Waals surface area contributed by atoms with Crippen LogP contribution in [-0.2, 0) is 14.3 Å². The summed E-state index contributed by atoms with van der Waals surface area (Å²) < 4.78 is 10.0. The molecule has 0 heterocycles. The molecule has 0 radical (unpaired) electrons. The summed E-state index contributed by atoms with van der Waals surface area (Å²) in [5.74, 6) is 0.120. The van der Waals surface area contributed by atoms with Crippen molar-refractivity contribution in [2.45, 2.75) is 58.6 Å². The number of hydrogen-bond acceptors (Lipinski definition) is 4. The third kappa shape index (κ3) is 6.34. The molecule has 1 N–H and O–H groups in total. The van der Waals surface area contributed by atoms with E-state index in [-0.39, 0.29) is 23.7 Å². The fourth-order valence-corrected chi connectivity index (χ4v) is 3.09. The van der Waals surface area contributed by atoms with Gasteiger partial charge in [-0.15, -0.1) is 0 Å². The number of hydrogen-bond donors (Lipinski definition) is 1. The third-order valence-electron chi connectivity index (χ3n) is 4.72. The zero-order valence-electron chi connectivity index (χ0n) is 17.9. The predicted octanol–water partition coefficient (Wildman–Crippen LogP) is 5.28. The second kappa shape index (κ2) is 10.1. The highest BCUT2D eigenvalue weighted by atomic mass is 16.5. The van der Waals surface area contributed by atoms with Crippen LogP contribution in [0.1, 0.15) is 58.1 Å². The van der Waals surface area contributed by atoms with Crippen LogP contribution in [0.15, 0.2) is 48.5 Å². The summed E-state index contributed by atoms with van der Waals surface area (Å²) in [4.78, 5) is 21.5. The molecular formula is C24H31NO4. The van der Waals surface area contributed by atoms with E-state index in [2.05, 4.69) is 46.5 Å². The highest BCUT2D eigenvalue weighted by molar-refractivity contribution is 5.79. The maximum Gasteiger partial charge on any atom is 0.407 e. The van der Waals surface area contributed by atoms with Crippen LogP contribution in [0.2, 0.25) is 0 Å².